The predicted octanol–water partition coefficient (Wildman–Crippen LogP) is 2.06. The SMILES string of the molecule is CN1CCC(CN2CC3CCC(C3)C2)CC1. The second-order valence-corrected chi connectivity index (χ2v) is 6.51. The molecule has 3 rings (SSSR count). The van der Waals surface area contributed by atoms with Gasteiger partial charge in [-0.3, -0.25) is 0 Å². The molecule has 0 N–H and O–H groups in total. The van der Waals surface area contributed by atoms with Crippen LogP contribution in [-0.4, -0.2) is 49.6 Å². The smallest absolute Gasteiger partial charge is 0.00108 e. The summed E-state index contributed by atoms with van der Waals surface area (Å²) in [4.78, 5) is 5.28. The van der Waals surface area contributed by atoms with Crippen molar-refractivity contribution >= 4 is 0 Å². The van der Waals surface area contributed by atoms with E-state index in [1.807, 2.05) is 0 Å². The van der Waals surface area contributed by atoms with Gasteiger partial charge in [0.2, 0.25) is 0 Å². The first kappa shape index (κ1) is 11.0. The maximum absolute atomic E-state index is 2.79. The lowest BCUT2D eigenvalue weighted by Crippen LogP contribution is -2.42. The van der Waals surface area contributed by atoms with E-state index < -0.39 is 0 Å². The normalized spacial score (nSPS) is 38.1. The van der Waals surface area contributed by atoms with Crippen LogP contribution in [0.15, 0.2) is 0 Å². The molecular weight excluding hydrogens is 196 g/mol. The Morgan fingerprint density at radius 3 is 2.19 bits per heavy atom. The van der Waals surface area contributed by atoms with Crippen LogP contribution in [0.5, 0.6) is 0 Å². The topological polar surface area (TPSA) is 6.48 Å². The first-order valence-electron chi connectivity index (χ1n) is 7.20. The van der Waals surface area contributed by atoms with Gasteiger partial charge in [0, 0.05) is 19.6 Å². The molecule has 0 aromatic rings. The lowest BCUT2D eigenvalue weighted by Gasteiger charge is -2.37. The predicted molar refractivity (Wildman–Crippen MR) is 67.5 cm³/mol. The standard InChI is InChI=1S/C14H26N2/c1-15-6-4-12(5-7-15)9-16-10-13-2-3-14(8-13)11-16/h12-14H,2-11H2,1H3. The second kappa shape index (κ2) is 4.66. The van der Waals surface area contributed by atoms with Crippen molar-refractivity contribution in [1.82, 2.24) is 9.80 Å². The van der Waals surface area contributed by atoms with Crippen LogP contribution in [-0.2, 0) is 0 Å². The van der Waals surface area contributed by atoms with Crippen LogP contribution in [0.4, 0.5) is 0 Å². The Morgan fingerprint density at radius 1 is 0.938 bits per heavy atom. The van der Waals surface area contributed by atoms with Crippen molar-refractivity contribution in [3.05, 3.63) is 0 Å². The van der Waals surface area contributed by atoms with Gasteiger partial charge >= 0.3 is 0 Å². The molecule has 2 atom stereocenters. The fraction of sp³-hybridized carbons (Fsp3) is 1.00. The van der Waals surface area contributed by atoms with Crippen LogP contribution >= 0.6 is 0 Å². The van der Waals surface area contributed by atoms with Gasteiger partial charge in [-0.15, -0.1) is 0 Å². The third-order valence-electron chi connectivity index (χ3n) is 5.04. The Morgan fingerprint density at radius 2 is 1.56 bits per heavy atom. The Labute approximate surface area is 100.0 Å². The molecule has 2 heteroatoms. The number of nitrogens with zero attached hydrogens (tertiary/aromatic N) is 2. The monoisotopic (exact) mass is 222 g/mol. The third-order valence-corrected chi connectivity index (χ3v) is 5.04. The summed E-state index contributed by atoms with van der Waals surface area (Å²) in [6, 6.07) is 0. The highest BCUT2D eigenvalue weighted by Gasteiger charge is 2.33. The van der Waals surface area contributed by atoms with Crippen LogP contribution in [0.1, 0.15) is 32.1 Å². The highest BCUT2D eigenvalue weighted by molar-refractivity contribution is 4.87. The van der Waals surface area contributed by atoms with Crippen molar-refractivity contribution in [3.63, 3.8) is 0 Å². The molecule has 2 aliphatic heterocycles. The Bertz CT molecular complexity index is 221. The first-order valence-corrected chi connectivity index (χ1v) is 7.20. The van der Waals surface area contributed by atoms with E-state index >= 15 is 0 Å². The molecule has 92 valence electrons. The Kier molecular flexibility index (Phi) is 3.21. The number of piperidine rings is 2. The summed E-state index contributed by atoms with van der Waals surface area (Å²) in [7, 11) is 2.26. The first-order chi connectivity index (χ1) is 7.79. The molecule has 2 saturated heterocycles. The van der Waals surface area contributed by atoms with E-state index in [0.29, 0.717) is 0 Å². The van der Waals surface area contributed by atoms with Gasteiger partial charge in [-0.05, 0) is 70.0 Å². The molecule has 0 spiro atoms. The minimum Gasteiger partial charge on any atom is -0.306 e. The molecule has 0 aromatic carbocycles. The molecular formula is C14H26N2. The quantitative estimate of drug-likeness (QED) is 0.705. The van der Waals surface area contributed by atoms with Crippen molar-refractivity contribution < 1.29 is 0 Å². The molecule has 2 unspecified atom stereocenters. The number of hydrogen-bond acceptors (Lipinski definition) is 2. The van der Waals surface area contributed by atoms with Crippen molar-refractivity contribution in [2.24, 2.45) is 17.8 Å². The minimum atomic E-state index is 0.994. The van der Waals surface area contributed by atoms with E-state index in [-0.39, 0.29) is 0 Å². The number of rotatable bonds is 2. The lowest BCUT2D eigenvalue weighted by atomic mass is 9.93. The fourth-order valence-electron chi connectivity index (χ4n) is 4.07. The van der Waals surface area contributed by atoms with E-state index in [2.05, 4.69) is 16.8 Å². The Hall–Kier alpha value is -0.0800. The summed E-state index contributed by atoms with van der Waals surface area (Å²) in [6.45, 7) is 6.89. The van der Waals surface area contributed by atoms with Gasteiger partial charge in [-0.1, -0.05) is 0 Å². The van der Waals surface area contributed by atoms with Gasteiger partial charge in [-0.2, -0.15) is 0 Å². The summed E-state index contributed by atoms with van der Waals surface area (Å²) >= 11 is 0. The van der Waals surface area contributed by atoms with Crippen LogP contribution in [0.25, 0.3) is 0 Å². The molecule has 0 amide bonds. The zero-order valence-corrected chi connectivity index (χ0v) is 10.7. The summed E-state index contributed by atoms with van der Waals surface area (Å²) in [5.41, 5.74) is 0. The highest BCUT2D eigenvalue weighted by atomic mass is 15.2. The summed E-state index contributed by atoms with van der Waals surface area (Å²) < 4.78 is 0. The largest absolute Gasteiger partial charge is 0.306 e. The van der Waals surface area contributed by atoms with Crippen LogP contribution in [0, 0.1) is 17.8 Å². The van der Waals surface area contributed by atoms with Gasteiger partial charge in [0.1, 0.15) is 0 Å². The van der Waals surface area contributed by atoms with Gasteiger partial charge in [0.25, 0.3) is 0 Å². The Balaban J connectivity index is 1.48. The summed E-state index contributed by atoms with van der Waals surface area (Å²) in [6.07, 6.45) is 7.46. The number of hydrogen-bond donors (Lipinski definition) is 0. The molecule has 0 aromatic heterocycles. The van der Waals surface area contributed by atoms with Gasteiger partial charge < -0.3 is 9.80 Å². The highest BCUT2D eigenvalue weighted by Crippen LogP contribution is 2.36. The molecule has 1 saturated carbocycles. The number of fused-ring (bicyclic) bond motifs is 2. The van der Waals surface area contributed by atoms with Gasteiger partial charge in [0.05, 0.1) is 0 Å². The average Bonchev–Trinajstić information content (AvgIpc) is 2.62. The maximum atomic E-state index is 2.79. The second-order valence-electron chi connectivity index (χ2n) is 6.51. The summed E-state index contributed by atoms with van der Waals surface area (Å²) in [5, 5.41) is 0. The zero-order chi connectivity index (χ0) is 11.0. The molecule has 2 nitrogen and oxygen atoms in total. The van der Waals surface area contributed by atoms with E-state index in [1.54, 1.807) is 6.42 Å². The molecule has 2 bridgehead atoms. The van der Waals surface area contributed by atoms with Crippen molar-refractivity contribution in [3.8, 4) is 0 Å². The van der Waals surface area contributed by atoms with Gasteiger partial charge in [0.15, 0.2) is 0 Å². The molecule has 16 heavy (non-hydrogen) atoms. The molecule has 3 aliphatic rings. The lowest BCUT2D eigenvalue weighted by molar-refractivity contribution is 0.116. The minimum absolute atomic E-state index is 0.994. The van der Waals surface area contributed by atoms with Crippen molar-refractivity contribution in [2.75, 3.05) is 39.8 Å². The number of likely N-dealkylation sites (tertiary alicyclic amines) is 2. The molecule has 2 heterocycles. The van der Waals surface area contributed by atoms with E-state index in [9.17, 15) is 0 Å². The average molecular weight is 222 g/mol. The summed E-state index contributed by atoms with van der Waals surface area (Å²) in [5.74, 6) is 3.11. The van der Waals surface area contributed by atoms with E-state index in [4.69, 9.17) is 0 Å². The van der Waals surface area contributed by atoms with Gasteiger partial charge in [-0.25, -0.2) is 0 Å². The van der Waals surface area contributed by atoms with E-state index in [0.717, 1.165) is 17.8 Å². The third kappa shape index (κ3) is 2.43. The van der Waals surface area contributed by atoms with Crippen LogP contribution < -0.4 is 0 Å². The van der Waals surface area contributed by atoms with E-state index in [1.165, 1.54) is 58.4 Å². The molecule has 3 fully saturated rings. The zero-order valence-electron chi connectivity index (χ0n) is 10.7. The molecule has 0 radical (unpaired) electrons. The van der Waals surface area contributed by atoms with Crippen LogP contribution in [0.3, 0.4) is 0 Å². The molecule has 1 aliphatic carbocycles. The van der Waals surface area contributed by atoms with Crippen molar-refractivity contribution in [2.45, 2.75) is 32.1 Å². The van der Waals surface area contributed by atoms with Crippen LogP contribution in [0.2, 0.25) is 0 Å². The maximum Gasteiger partial charge on any atom is 0.00108 e. The van der Waals surface area contributed by atoms with Crippen molar-refractivity contribution in [1.29, 1.82) is 0 Å². The fourth-order valence-corrected chi connectivity index (χ4v) is 4.07.